The first-order valence-electron chi connectivity index (χ1n) is 4.03. The van der Waals surface area contributed by atoms with Gasteiger partial charge in [0.15, 0.2) is 0 Å². The van der Waals surface area contributed by atoms with Crippen molar-refractivity contribution in [2.75, 3.05) is 0 Å². The highest BCUT2D eigenvalue weighted by Crippen LogP contribution is 2.01. The lowest BCUT2D eigenvalue weighted by molar-refractivity contribution is 0.675. The molecule has 0 saturated carbocycles. The van der Waals surface area contributed by atoms with Gasteiger partial charge in [0.25, 0.3) is 0 Å². The van der Waals surface area contributed by atoms with E-state index in [0.29, 0.717) is 0 Å². The minimum Gasteiger partial charge on any atom is -0.109 e. The van der Waals surface area contributed by atoms with E-state index >= 15 is 0 Å². The standard InChI is InChI=1S/C8H18Si/c1-2-3-4-5-6-7-8-9/h7-8H,2-6H2,1,9H3. The van der Waals surface area contributed by atoms with Gasteiger partial charge in [-0.2, -0.15) is 0 Å². The fraction of sp³-hybridized carbons (Fsp3) is 0.750. The molecule has 0 saturated heterocycles. The van der Waals surface area contributed by atoms with Crippen molar-refractivity contribution in [1.82, 2.24) is 0 Å². The molecule has 0 rings (SSSR count). The van der Waals surface area contributed by atoms with E-state index in [9.17, 15) is 0 Å². The van der Waals surface area contributed by atoms with E-state index < -0.39 is 0 Å². The Morgan fingerprint density at radius 2 is 2.00 bits per heavy atom. The molecule has 0 heterocycles. The lowest BCUT2D eigenvalue weighted by Crippen LogP contribution is -1.73. The number of hydrogen-bond donors (Lipinski definition) is 0. The molecule has 0 nitrogen and oxygen atoms in total. The Morgan fingerprint density at radius 1 is 1.22 bits per heavy atom. The van der Waals surface area contributed by atoms with Crippen LogP contribution in [0.5, 0.6) is 0 Å². The van der Waals surface area contributed by atoms with Gasteiger partial charge in [0, 0.05) is 10.2 Å². The van der Waals surface area contributed by atoms with Gasteiger partial charge in [-0.15, -0.1) is 5.70 Å². The van der Waals surface area contributed by atoms with Crippen LogP contribution in [0.4, 0.5) is 0 Å². The molecule has 0 fully saturated rings. The molecule has 0 atom stereocenters. The van der Waals surface area contributed by atoms with Gasteiger partial charge < -0.3 is 0 Å². The fourth-order valence-corrected chi connectivity index (χ4v) is 1.19. The smallest absolute Gasteiger partial charge is 0.0287 e. The van der Waals surface area contributed by atoms with Crippen molar-refractivity contribution < 1.29 is 0 Å². The summed E-state index contributed by atoms with van der Waals surface area (Å²) in [5.74, 6) is 0. The normalized spacial score (nSPS) is 11.2. The summed E-state index contributed by atoms with van der Waals surface area (Å²) >= 11 is 0. The number of allylic oxidation sites excluding steroid dienone is 1. The molecule has 0 spiro atoms. The average Bonchev–Trinajstić information content (AvgIpc) is 1.89. The molecule has 0 aromatic heterocycles. The Hall–Kier alpha value is -0.0431. The topological polar surface area (TPSA) is 0 Å². The number of hydrogen-bond acceptors (Lipinski definition) is 0. The Bertz CT molecular complexity index is 67.0. The van der Waals surface area contributed by atoms with Crippen molar-refractivity contribution in [1.29, 1.82) is 0 Å². The van der Waals surface area contributed by atoms with Crippen LogP contribution in [0, 0.1) is 0 Å². The van der Waals surface area contributed by atoms with Gasteiger partial charge in [0.1, 0.15) is 0 Å². The highest BCUT2D eigenvalue weighted by atomic mass is 28.1. The molecule has 0 unspecified atom stereocenters. The van der Waals surface area contributed by atoms with Crippen LogP contribution in [-0.2, 0) is 0 Å². The van der Waals surface area contributed by atoms with E-state index in [-0.39, 0.29) is 0 Å². The van der Waals surface area contributed by atoms with Crippen LogP contribution in [0.15, 0.2) is 11.8 Å². The molecule has 0 aliphatic heterocycles. The predicted molar refractivity (Wildman–Crippen MR) is 47.8 cm³/mol. The fourth-order valence-electron chi connectivity index (χ4n) is 0.856. The van der Waals surface area contributed by atoms with Crippen LogP contribution < -0.4 is 0 Å². The van der Waals surface area contributed by atoms with Crippen LogP contribution in [0.2, 0.25) is 0 Å². The highest BCUT2D eigenvalue weighted by molar-refractivity contribution is 6.16. The Morgan fingerprint density at radius 3 is 2.56 bits per heavy atom. The van der Waals surface area contributed by atoms with Crippen molar-refractivity contribution in [3.05, 3.63) is 11.8 Å². The first-order chi connectivity index (χ1) is 4.41. The highest BCUT2D eigenvalue weighted by Gasteiger charge is 1.82. The van der Waals surface area contributed by atoms with E-state index in [1.807, 2.05) is 0 Å². The predicted octanol–water partition coefficient (Wildman–Crippen LogP) is 1.84. The summed E-state index contributed by atoms with van der Waals surface area (Å²) in [7, 11) is 1.23. The van der Waals surface area contributed by atoms with Gasteiger partial charge in [-0.25, -0.2) is 0 Å². The largest absolute Gasteiger partial charge is 0.109 e. The van der Waals surface area contributed by atoms with Gasteiger partial charge in [-0.05, 0) is 12.8 Å². The molecule has 0 aliphatic rings. The maximum absolute atomic E-state index is 2.31. The summed E-state index contributed by atoms with van der Waals surface area (Å²) in [6, 6.07) is 0. The minimum atomic E-state index is 1.23. The van der Waals surface area contributed by atoms with Gasteiger partial charge in [-0.1, -0.05) is 32.3 Å². The third kappa shape index (κ3) is 7.96. The molecule has 54 valence electrons. The molecule has 0 bridgehead atoms. The first-order valence-corrected chi connectivity index (χ1v) is 5.18. The Kier molecular flexibility index (Phi) is 7.92. The van der Waals surface area contributed by atoms with Gasteiger partial charge in [-0.3, -0.25) is 0 Å². The van der Waals surface area contributed by atoms with Gasteiger partial charge in [0.2, 0.25) is 0 Å². The molecule has 0 radical (unpaired) electrons. The second kappa shape index (κ2) is 7.96. The van der Waals surface area contributed by atoms with E-state index in [1.54, 1.807) is 0 Å². The Balaban J connectivity index is 2.75. The molecule has 0 N–H and O–H groups in total. The Labute approximate surface area is 61.8 Å². The lowest BCUT2D eigenvalue weighted by atomic mass is 10.2. The van der Waals surface area contributed by atoms with E-state index in [1.165, 1.54) is 42.3 Å². The molecule has 9 heavy (non-hydrogen) atoms. The van der Waals surface area contributed by atoms with Crippen molar-refractivity contribution in [3.63, 3.8) is 0 Å². The SMILES string of the molecule is CCCCCCC=C[SiH3]. The zero-order valence-corrected chi connectivity index (χ0v) is 8.69. The van der Waals surface area contributed by atoms with Crippen LogP contribution in [-0.4, -0.2) is 10.2 Å². The molecular weight excluding hydrogens is 124 g/mol. The summed E-state index contributed by atoms with van der Waals surface area (Å²) in [6.07, 6.45) is 9.19. The molecule has 0 aromatic carbocycles. The quantitative estimate of drug-likeness (QED) is 0.406. The molecule has 1 heteroatoms. The van der Waals surface area contributed by atoms with Gasteiger partial charge >= 0.3 is 0 Å². The van der Waals surface area contributed by atoms with Crippen molar-refractivity contribution in [2.45, 2.75) is 39.0 Å². The average molecular weight is 142 g/mol. The van der Waals surface area contributed by atoms with Crippen molar-refractivity contribution >= 4 is 10.2 Å². The second-order valence-electron chi connectivity index (χ2n) is 2.42. The molecule has 0 aliphatic carbocycles. The monoisotopic (exact) mass is 142 g/mol. The van der Waals surface area contributed by atoms with Crippen LogP contribution in [0.25, 0.3) is 0 Å². The summed E-state index contributed by atoms with van der Waals surface area (Å²) in [5.41, 5.74) is 2.27. The second-order valence-corrected chi connectivity index (χ2v) is 3.09. The van der Waals surface area contributed by atoms with E-state index in [2.05, 4.69) is 18.7 Å². The molecule has 0 aromatic rings. The van der Waals surface area contributed by atoms with E-state index in [4.69, 9.17) is 0 Å². The zero-order chi connectivity index (χ0) is 6.95. The van der Waals surface area contributed by atoms with E-state index in [0.717, 1.165) is 0 Å². The summed E-state index contributed by atoms with van der Waals surface area (Å²) in [6.45, 7) is 2.25. The number of unbranched alkanes of at least 4 members (excludes halogenated alkanes) is 4. The summed E-state index contributed by atoms with van der Waals surface area (Å²) < 4.78 is 0. The third-order valence-corrected chi connectivity index (χ3v) is 1.93. The van der Waals surface area contributed by atoms with Crippen LogP contribution in [0.3, 0.4) is 0 Å². The number of rotatable bonds is 5. The lowest BCUT2D eigenvalue weighted by Gasteiger charge is -1.92. The minimum absolute atomic E-state index is 1.23. The summed E-state index contributed by atoms with van der Waals surface area (Å²) in [4.78, 5) is 0. The molecular formula is C8H18Si. The van der Waals surface area contributed by atoms with Crippen molar-refractivity contribution in [2.24, 2.45) is 0 Å². The summed E-state index contributed by atoms with van der Waals surface area (Å²) in [5, 5.41) is 0. The van der Waals surface area contributed by atoms with Crippen LogP contribution in [0.1, 0.15) is 39.0 Å². The molecule has 0 amide bonds. The first kappa shape index (κ1) is 8.96. The zero-order valence-electron chi connectivity index (χ0n) is 6.69. The maximum atomic E-state index is 2.31. The maximum Gasteiger partial charge on any atom is 0.0287 e. The van der Waals surface area contributed by atoms with Crippen molar-refractivity contribution in [3.8, 4) is 0 Å². The third-order valence-electron chi connectivity index (χ3n) is 1.46. The van der Waals surface area contributed by atoms with Crippen LogP contribution >= 0.6 is 0 Å². The van der Waals surface area contributed by atoms with Gasteiger partial charge in [0.05, 0.1) is 0 Å².